The van der Waals surface area contributed by atoms with Crippen LogP contribution in [0.15, 0.2) is 40.8 Å². The second-order valence-electron chi connectivity index (χ2n) is 6.44. The number of benzene rings is 2. The van der Waals surface area contributed by atoms with E-state index in [0.717, 1.165) is 11.3 Å². The number of imidazole rings is 1. The molecule has 4 rings (SSSR count). The fourth-order valence-corrected chi connectivity index (χ4v) is 3.07. The van der Waals surface area contributed by atoms with Crippen molar-refractivity contribution < 1.29 is 18.3 Å². The SMILES string of the molecule is COCCNC(=O)c1ccc2c(c1)nc(Cc1nc3ccc(F)cc3o1)n2C. The first-order valence-electron chi connectivity index (χ1n) is 8.82. The van der Waals surface area contributed by atoms with Crippen LogP contribution in [0, 0.1) is 5.82 Å². The molecule has 144 valence electrons. The molecule has 0 atom stereocenters. The Kier molecular flexibility index (Phi) is 4.79. The summed E-state index contributed by atoms with van der Waals surface area (Å²) in [5, 5.41) is 2.79. The second kappa shape index (κ2) is 7.40. The van der Waals surface area contributed by atoms with Gasteiger partial charge >= 0.3 is 0 Å². The Labute approximate surface area is 160 Å². The number of oxazole rings is 1. The van der Waals surface area contributed by atoms with Crippen molar-refractivity contribution in [3.05, 3.63) is 59.5 Å². The molecule has 2 aromatic heterocycles. The normalized spacial score (nSPS) is 11.4. The summed E-state index contributed by atoms with van der Waals surface area (Å²) in [5.41, 5.74) is 3.14. The number of amides is 1. The zero-order valence-electron chi connectivity index (χ0n) is 15.5. The average molecular weight is 382 g/mol. The van der Waals surface area contributed by atoms with Crippen LogP contribution in [0.5, 0.6) is 0 Å². The van der Waals surface area contributed by atoms with Crippen LogP contribution in [0.4, 0.5) is 4.39 Å². The van der Waals surface area contributed by atoms with Crippen LogP contribution in [0.25, 0.3) is 22.1 Å². The van der Waals surface area contributed by atoms with Crippen molar-refractivity contribution in [3.8, 4) is 0 Å². The lowest BCUT2D eigenvalue weighted by Gasteiger charge is -2.04. The number of carbonyl (C=O) groups excluding carboxylic acids is 1. The third kappa shape index (κ3) is 3.46. The van der Waals surface area contributed by atoms with E-state index in [2.05, 4.69) is 15.3 Å². The van der Waals surface area contributed by atoms with Gasteiger partial charge in [-0.05, 0) is 30.3 Å². The maximum atomic E-state index is 13.3. The number of aryl methyl sites for hydroxylation is 1. The van der Waals surface area contributed by atoms with Crippen molar-refractivity contribution in [1.29, 1.82) is 0 Å². The van der Waals surface area contributed by atoms with Crippen LogP contribution in [0.2, 0.25) is 0 Å². The van der Waals surface area contributed by atoms with Crippen LogP contribution in [-0.2, 0) is 18.2 Å². The summed E-state index contributed by atoms with van der Waals surface area (Å²) in [6.07, 6.45) is 0.358. The minimum atomic E-state index is -0.366. The van der Waals surface area contributed by atoms with Crippen molar-refractivity contribution in [1.82, 2.24) is 19.9 Å². The van der Waals surface area contributed by atoms with E-state index in [1.807, 2.05) is 17.7 Å². The highest BCUT2D eigenvalue weighted by Crippen LogP contribution is 2.21. The first kappa shape index (κ1) is 18.1. The number of rotatable bonds is 6. The third-order valence-electron chi connectivity index (χ3n) is 4.53. The molecule has 0 spiro atoms. The summed E-state index contributed by atoms with van der Waals surface area (Å²) in [5.74, 6) is 0.650. The highest BCUT2D eigenvalue weighted by Gasteiger charge is 2.15. The number of hydrogen-bond donors (Lipinski definition) is 1. The molecule has 0 aliphatic heterocycles. The molecule has 7 nitrogen and oxygen atoms in total. The summed E-state index contributed by atoms with van der Waals surface area (Å²) in [6.45, 7) is 0.898. The van der Waals surface area contributed by atoms with Gasteiger partial charge in [0.05, 0.1) is 24.1 Å². The molecule has 4 aromatic rings. The fraction of sp³-hybridized carbons (Fsp3) is 0.250. The first-order valence-corrected chi connectivity index (χ1v) is 8.82. The van der Waals surface area contributed by atoms with Crippen LogP contribution in [-0.4, -0.2) is 40.7 Å². The quantitative estimate of drug-likeness (QED) is 0.519. The zero-order chi connectivity index (χ0) is 19.7. The molecular weight excluding hydrogens is 363 g/mol. The van der Waals surface area contributed by atoms with E-state index in [-0.39, 0.29) is 11.7 Å². The maximum Gasteiger partial charge on any atom is 0.251 e. The van der Waals surface area contributed by atoms with E-state index < -0.39 is 0 Å². The van der Waals surface area contributed by atoms with E-state index in [0.29, 0.717) is 47.6 Å². The van der Waals surface area contributed by atoms with Gasteiger partial charge in [-0.1, -0.05) is 0 Å². The lowest BCUT2D eigenvalue weighted by atomic mass is 10.2. The number of ether oxygens (including phenoxy) is 1. The predicted octanol–water partition coefficient (Wildman–Crippen LogP) is 2.82. The number of halogens is 1. The molecule has 1 N–H and O–H groups in total. The van der Waals surface area contributed by atoms with Gasteiger partial charge in [0.25, 0.3) is 5.91 Å². The minimum Gasteiger partial charge on any atom is -0.440 e. The van der Waals surface area contributed by atoms with Crippen molar-refractivity contribution in [3.63, 3.8) is 0 Å². The van der Waals surface area contributed by atoms with Crippen molar-refractivity contribution >= 4 is 28.0 Å². The standard InChI is InChI=1S/C20H19FN4O3/c1-25-16-6-3-12(20(26)22-7-8-27-2)9-15(16)23-18(25)11-19-24-14-5-4-13(21)10-17(14)28-19/h3-6,9-10H,7-8,11H2,1-2H3,(H,22,26). The number of nitrogens with one attached hydrogen (secondary N) is 1. The van der Waals surface area contributed by atoms with Crippen molar-refractivity contribution in [2.24, 2.45) is 7.05 Å². The Balaban J connectivity index is 1.60. The first-order chi connectivity index (χ1) is 13.5. The van der Waals surface area contributed by atoms with Crippen LogP contribution in [0.3, 0.4) is 0 Å². The number of fused-ring (bicyclic) bond motifs is 2. The third-order valence-corrected chi connectivity index (χ3v) is 4.53. The minimum absolute atomic E-state index is 0.174. The summed E-state index contributed by atoms with van der Waals surface area (Å²) in [6, 6.07) is 9.62. The predicted molar refractivity (Wildman–Crippen MR) is 102 cm³/mol. The Morgan fingerprint density at radius 1 is 1.21 bits per heavy atom. The van der Waals surface area contributed by atoms with Gasteiger partial charge in [-0.3, -0.25) is 4.79 Å². The molecule has 0 saturated heterocycles. The Morgan fingerprint density at radius 3 is 2.89 bits per heavy atom. The Bertz CT molecular complexity index is 1170. The van der Waals surface area contributed by atoms with Crippen LogP contribution in [0.1, 0.15) is 22.1 Å². The number of aromatic nitrogens is 3. The molecule has 2 aromatic carbocycles. The molecule has 0 saturated carbocycles. The Morgan fingerprint density at radius 2 is 2.07 bits per heavy atom. The van der Waals surface area contributed by atoms with E-state index in [1.54, 1.807) is 25.3 Å². The molecule has 0 radical (unpaired) electrons. The molecule has 0 unspecified atom stereocenters. The molecule has 8 heteroatoms. The van der Waals surface area contributed by atoms with Gasteiger partial charge in [0.15, 0.2) is 5.58 Å². The lowest BCUT2D eigenvalue weighted by molar-refractivity contribution is 0.0937. The van der Waals surface area contributed by atoms with Gasteiger partial charge in [0.2, 0.25) is 5.89 Å². The molecule has 28 heavy (non-hydrogen) atoms. The highest BCUT2D eigenvalue weighted by atomic mass is 19.1. The number of hydrogen-bond acceptors (Lipinski definition) is 5. The average Bonchev–Trinajstić information content (AvgIpc) is 3.21. The summed E-state index contributed by atoms with van der Waals surface area (Å²) >= 11 is 0. The number of carbonyl (C=O) groups is 1. The number of nitrogens with zero attached hydrogens (tertiary/aromatic N) is 3. The van der Waals surface area contributed by atoms with Gasteiger partial charge in [0.1, 0.15) is 17.2 Å². The van der Waals surface area contributed by atoms with E-state index in [9.17, 15) is 9.18 Å². The van der Waals surface area contributed by atoms with E-state index in [1.165, 1.54) is 12.1 Å². The van der Waals surface area contributed by atoms with E-state index >= 15 is 0 Å². The van der Waals surface area contributed by atoms with Gasteiger partial charge in [-0.2, -0.15) is 0 Å². The lowest BCUT2D eigenvalue weighted by Crippen LogP contribution is -2.26. The summed E-state index contributed by atoms with van der Waals surface area (Å²) in [7, 11) is 3.48. The molecule has 0 aliphatic rings. The van der Waals surface area contributed by atoms with E-state index in [4.69, 9.17) is 9.15 Å². The smallest absolute Gasteiger partial charge is 0.251 e. The van der Waals surface area contributed by atoms with Crippen LogP contribution >= 0.6 is 0 Å². The topological polar surface area (TPSA) is 82.2 Å². The summed E-state index contributed by atoms with van der Waals surface area (Å²) in [4.78, 5) is 21.2. The van der Waals surface area contributed by atoms with Gasteiger partial charge < -0.3 is 19.0 Å². The zero-order valence-corrected chi connectivity index (χ0v) is 15.5. The molecule has 0 bridgehead atoms. The fourth-order valence-electron chi connectivity index (χ4n) is 3.07. The number of methoxy groups -OCH3 is 1. The highest BCUT2D eigenvalue weighted by molar-refractivity contribution is 5.97. The van der Waals surface area contributed by atoms with Gasteiger partial charge in [0, 0.05) is 32.3 Å². The summed E-state index contributed by atoms with van der Waals surface area (Å²) < 4.78 is 25.8. The second-order valence-corrected chi connectivity index (χ2v) is 6.44. The molecular formula is C20H19FN4O3. The Hall–Kier alpha value is -3.26. The largest absolute Gasteiger partial charge is 0.440 e. The van der Waals surface area contributed by atoms with Gasteiger partial charge in [-0.25, -0.2) is 14.4 Å². The molecule has 0 fully saturated rings. The maximum absolute atomic E-state index is 13.3. The molecule has 0 aliphatic carbocycles. The monoisotopic (exact) mass is 382 g/mol. The van der Waals surface area contributed by atoms with Crippen LogP contribution < -0.4 is 5.32 Å². The van der Waals surface area contributed by atoms with Crippen molar-refractivity contribution in [2.75, 3.05) is 20.3 Å². The van der Waals surface area contributed by atoms with Gasteiger partial charge in [-0.15, -0.1) is 0 Å². The van der Waals surface area contributed by atoms with Crippen molar-refractivity contribution in [2.45, 2.75) is 6.42 Å². The molecule has 2 heterocycles. The molecule has 1 amide bonds.